The summed E-state index contributed by atoms with van der Waals surface area (Å²) in [6, 6.07) is 18.9. The Morgan fingerprint density at radius 1 is 1.09 bits per heavy atom. The van der Waals surface area contributed by atoms with E-state index < -0.39 is 0 Å². The third-order valence-corrected chi connectivity index (χ3v) is 6.01. The first-order valence-electron chi connectivity index (χ1n) is 10.8. The van der Waals surface area contributed by atoms with Gasteiger partial charge in [-0.1, -0.05) is 42.5 Å². The van der Waals surface area contributed by atoms with Crippen molar-refractivity contribution in [2.75, 3.05) is 11.4 Å². The number of aryl methyl sites for hydroxylation is 1. The molecular weight excluding hydrogens is 400 g/mol. The summed E-state index contributed by atoms with van der Waals surface area (Å²) in [6.45, 7) is 3.62. The summed E-state index contributed by atoms with van der Waals surface area (Å²) >= 11 is 0. The average Bonchev–Trinajstić information content (AvgIpc) is 3.44. The molecule has 1 aliphatic rings. The van der Waals surface area contributed by atoms with Gasteiger partial charge in [0.1, 0.15) is 0 Å². The number of nitrogens with zero attached hydrogens (tertiary/aromatic N) is 5. The summed E-state index contributed by atoms with van der Waals surface area (Å²) < 4.78 is 1.81. The highest BCUT2D eigenvalue weighted by Crippen LogP contribution is 2.34. The lowest BCUT2D eigenvalue weighted by molar-refractivity contribution is -0.129. The van der Waals surface area contributed by atoms with E-state index in [0.717, 1.165) is 46.9 Å². The van der Waals surface area contributed by atoms with Gasteiger partial charge in [0.05, 0.1) is 12.7 Å². The van der Waals surface area contributed by atoms with Crippen LogP contribution in [0.15, 0.2) is 67.0 Å². The highest BCUT2D eigenvalue weighted by atomic mass is 16.2. The van der Waals surface area contributed by atoms with E-state index in [2.05, 4.69) is 63.6 Å². The number of anilines is 2. The van der Waals surface area contributed by atoms with Gasteiger partial charge in [-0.15, -0.1) is 0 Å². The summed E-state index contributed by atoms with van der Waals surface area (Å²) in [5.41, 5.74) is 6.66. The van der Waals surface area contributed by atoms with Crippen LogP contribution in [0.1, 0.15) is 23.7 Å². The molecule has 5 rings (SSSR count). The molecule has 1 N–H and O–H groups in total. The van der Waals surface area contributed by atoms with Gasteiger partial charge in [-0.05, 0) is 23.3 Å². The van der Waals surface area contributed by atoms with Gasteiger partial charge in [0, 0.05) is 62.2 Å². The van der Waals surface area contributed by atoms with Crippen molar-refractivity contribution in [1.29, 1.82) is 0 Å². The molecule has 3 heterocycles. The molecule has 0 unspecified atom stereocenters. The zero-order valence-electron chi connectivity index (χ0n) is 18.3. The van der Waals surface area contributed by atoms with E-state index >= 15 is 0 Å². The molecule has 0 spiro atoms. The first kappa shape index (κ1) is 20.1. The van der Waals surface area contributed by atoms with Crippen molar-refractivity contribution in [3.05, 3.63) is 83.8 Å². The molecule has 162 valence electrons. The topological polar surface area (TPSA) is 70.1 Å². The van der Waals surface area contributed by atoms with Crippen LogP contribution in [0.25, 0.3) is 11.1 Å². The van der Waals surface area contributed by atoms with Crippen molar-refractivity contribution in [3.8, 4) is 11.1 Å². The fourth-order valence-electron chi connectivity index (χ4n) is 4.23. The summed E-state index contributed by atoms with van der Waals surface area (Å²) in [6.07, 6.45) is 4.68. The number of hydrogen-bond acceptors (Lipinski definition) is 4. The van der Waals surface area contributed by atoms with Crippen LogP contribution in [0.4, 0.5) is 11.5 Å². The molecule has 32 heavy (non-hydrogen) atoms. The number of aromatic amines is 1. The minimum absolute atomic E-state index is 0.0956. The molecule has 7 nitrogen and oxygen atoms in total. The van der Waals surface area contributed by atoms with E-state index in [4.69, 9.17) is 5.10 Å². The van der Waals surface area contributed by atoms with Crippen molar-refractivity contribution in [3.63, 3.8) is 0 Å². The van der Waals surface area contributed by atoms with E-state index in [1.54, 1.807) is 6.92 Å². The lowest BCUT2D eigenvalue weighted by Gasteiger charge is -2.29. The van der Waals surface area contributed by atoms with Crippen LogP contribution in [0.5, 0.6) is 0 Å². The summed E-state index contributed by atoms with van der Waals surface area (Å²) in [5.74, 6) is 0.974. The van der Waals surface area contributed by atoms with Gasteiger partial charge in [-0.25, -0.2) is 0 Å². The van der Waals surface area contributed by atoms with Crippen LogP contribution >= 0.6 is 0 Å². The lowest BCUT2D eigenvalue weighted by Crippen LogP contribution is -2.34. The molecule has 0 aliphatic carbocycles. The Balaban J connectivity index is 1.52. The number of fused-ring (bicyclic) bond motifs is 1. The smallest absolute Gasteiger partial charge is 0.219 e. The summed E-state index contributed by atoms with van der Waals surface area (Å²) in [7, 11) is 1.92. The molecule has 0 saturated heterocycles. The van der Waals surface area contributed by atoms with Gasteiger partial charge >= 0.3 is 0 Å². The first-order valence-corrected chi connectivity index (χ1v) is 10.8. The van der Waals surface area contributed by atoms with Crippen LogP contribution in [0.3, 0.4) is 0 Å². The van der Waals surface area contributed by atoms with Crippen molar-refractivity contribution in [2.24, 2.45) is 7.05 Å². The summed E-state index contributed by atoms with van der Waals surface area (Å²) in [4.78, 5) is 16.1. The number of rotatable bonds is 5. The Bertz CT molecular complexity index is 1230. The number of benzene rings is 2. The number of aromatic nitrogens is 4. The largest absolute Gasteiger partial charge is 0.338 e. The van der Waals surface area contributed by atoms with Crippen LogP contribution in [0, 0.1) is 0 Å². The second-order valence-corrected chi connectivity index (χ2v) is 8.22. The molecule has 0 saturated carbocycles. The van der Waals surface area contributed by atoms with Gasteiger partial charge in [0.15, 0.2) is 5.82 Å². The third-order valence-electron chi connectivity index (χ3n) is 6.01. The highest BCUT2D eigenvalue weighted by molar-refractivity contribution is 5.75. The highest BCUT2D eigenvalue weighted by Gasteiger charge is 2.27. The minimum atomic E-state index is 0.0956. The number of carbonyl (C=O) groups is 1. The van der Waals surface area contributed by atoms with Crippen molar-refractivity contribution < 1.29 is 4.79 Å². The standard InChI is InChI=1S/C25H26N6O/c1-18(32)30-13-12-24-23(17-30)25(28-27-24)31(15-19-6-4-3-5-7-19)22-10-8-20(9-11-22)21-14-26-29(2)16-21/h3-11,14,16H,12-13,15,17H2,1-2H3,(H,27,28). The molecule has 0 radical (unpaired) electrons. The normalized spacial score (nSPS) is 13.1. The molecule has 0 fully saturated rings. The molecule has 4 aromatic rings. The lowest BCUT2D eigenvalue weighted by atomic mass is 10.1. The average molecular weight is 427 g/mol. The van der Waals surface area contributed by atoms with Gasteiger partial charge < -0.3 is 9.80 Å². The second-order valence-electron chi connectivity index (χ2n) is 8.22. The van der Waals surface area contributed by atoms with E-state index in [0.29, 0.717) is 13.1 Å². The molecule has 7 heteroatoms. The Kier molecular flexibility index (Phi) is 5.23. The Morgan fingerprint density at radius 2 is 1.88 bits per heavy atom. The van der Waals surface area contributed by atoms with Crippen LogP contribution in [-0.4, -0.2) is 37.3 Å². The maximum atomic E-state index is 12.0. The summed E-state index contributed by atoms with van der Waals surface area (Å²) in [5, 5.41) is 12.2. The van der Waals surface area contributed by atoms with Gasteiger partial charge in [0.2, 0.25) is 5.91 Å². The SMILES string of the molecule is CC(=O)N1CCc2[nH]nc(N(Cc3ccccc3)c3ccc(-c4cnn(C)c4)cc3)c2C1. The number of H-pyrrole nitrogens is 1. The Morgan fingerprint density at radius 3 is 2.56 bits per heavy atom. The predicted octanol–water partition coefficient (Wildman–Crippen LogP) is 4.05. The van der Waals surface area contributed by atoms with E-state index in [1.807, 2.05) is 35.1 Å². The quantitative estimate of drug-likeness (QED) is 0.523. The van der Waals surface area contributed by atoms with Gasteiger partial charge in [-0.2, -0.15) is 10.2 Å². The minimum Gasteiger partial charge on any atom is -0.338 e. The van der Waals surface area contributed by atoms with Gasteiger partial charge in [-0.3, -0.25) is 14.6 Å². The molecule has 1 amide bonds. The van der Waals surface area contributed by atoms with Crippen molar-refractivity contribution in [1.82, 2.24) is 24.9 Å². The fraction of sp³-hybridized carbons (Fsp3) is 0.240. The van der Waals surface area contributed by atoms with Crippen LogP contribution in [-0.2, 0) is 31.4 Å². The molecule has 2 aromatic carbocycles. The second kappa shape index (κ2) is 8.34. The van der Waals surface area contributed by atoms with Crippen LogP contribution in [0.2, 0.25) is 0 Å². The number of carbonyl (C=O) groups excluding carboxylic acids is 1. The number of nitrogens with one attached hydrogen (secondary N) is 1. The number of amides is 1. The number of hydrogen-bond donors (Lipinski definition) is 1. The van der Waals surface area contributed by atoms with Gasteiger partial charge in [0.25, 0.3) is 0 Å². The maximum Gasteiger partial charge on any atom is 0.219 e. The Hall–Kier alpha value is -3.87. The zero-order valence-corrected chi connectivity index (χ0v) is 18.3. The van der Waals surface area contributed by atoms with E-state index in [-0.39, 0.29) is 5.91 Å². The monoisotopic (exact) mass is 426 g/mol. The zero-order chi connectivity index (χ0) is 22.1. The van der Waals surface area contributed by atoms with Crippen molar-refractivity contribution in [2.45, 2.75) is 26.4 Å². The Labute approximate surface area is 187 Å². The van der Waals surface area contributed by atoms with E-state index in [1.165, 1.54) is 5.56 Å². The molecule has 2 aromatic heterocycles. The molecule has 1 aliphatic heterocycles. The molecule has 0 atom stereocenters. The predicted molar refractivity (Wildman–Crippen MR) is 124 cm³/mol. The fourth-order valence-corrected chi connectivity index (χ4v) is 4.23. The maximum absolute atomic E-state index is 12.0. The first-order chi connectivity index (χ1) is 15.6. The third kappa shape index (κ3) is 3.89. The van der Waals surface area contributed by atoms with Crippen molar-refractivity contribution >= 4 is 17.4 Å². The molecule has 0 bridgehead atoms. The molecular formula is C25H26N6O. The van der Waals surface area contributed by atoms with E-state index in [9.17, 15) is 4.79 Å². The van der Waals surface area contributed by atoms with Crippen LogP contribution < -0.4 is 4.90 Å².